The van der Waals surface area contributed by atoms with Crippen molar-refractivity contribution < 1.29 is 14.6 Å². The fourth-order valence-electron chi connectivity index (χ4n) is 4.09. The molecule has 21 heavy (non-hydrogen) atoms. The number of carbonyl (C=O) groups is 1. The van der Waals surface area contributed by atoms with Crippen molar-refractivity contribution in [2.75, 3.05) is 13.7 Å². The first-order valence-corrected chi connectivity index (χ1v) is 7.70. The van der Waals surface area contributed by atoms with Gasteiger partial charge in [-0.25, -0.2) is 0 Å². The van der Waals surface area contributed by atoms with Gasteiger partial charge in [0.2, 0.25) is 0 Å². The van der Waals surface area contributed by atoms with Gasteiger partial charge in [0, 0.05) is 24.1 Å². The summed E-state index contributed by atoms with van der Waals surface area (Å²) in [5.74, 6) is 2.00. The molecule has 2 aliphatic rings. The quantitative estimate of drug-likeness (QED) is 0.893. The van der Waals surface area contributed by atoms with Crippen LogP contribution in [0.25, 0.3) is 0 Å². The van der Waals surface area contributed by atoms with Crippen molar-refractivity contribution in [3.63, 3.8) is 0 Å². The molecule has 4 nitrogen and oxygen atoms in total. The third kappa shape index (κ3) is 2.53. The van der Waals surface area contributed by atoms with Crippen LogP contribution in [-0.2, 0) is 0 Å². The lowest BCUT2D eigenvalue weighted by Gasteiger charge is -2.30. The Balaban J connectivity index is 1.74. The zero-order chi connectivity index (χ0) is 15.0. The highest BCUT2D eigenvalue weighted by Gasteiger charge is 2.47. The Bertz CT molecular complexity index is 543. The van der Waals surface area contributed by atoms with Crippen LogP contribution in [0.5, 0.6) is 5.75 Å². The summed E-state index contributed by atoms with van der Waals surface area (Å²) in [6.07, 6.45) is 3.51. The Morgan fingerprint density at radius 3 is 2.86 bits per heavy atom. The highest BCUT2D eigenvalue weighted by molar-refractivity contribution is 5.95. The average Bonchev–Trinajstić information content (AvgIpc) is 3.08. The summed E-state index contributed by atoms with van der Waals surface area (Å²) >= 11 is 0. The molecule has 2 bridgehead atoms. The van der Waals surface area contributed by atoms with Crippen molar-refractivity contribution in [3.8, 4) is 5.75 Å². The van der Waals surface area contributed by atoms with Gasteiger partial charge in [-0.2, -0.15) is 0 Å². The number of hydrogen-bond acceptors (Lipinski definition) is 3. The monoisotopic (exact) mass is 289 g/mol. The minimum atomic E-state index is -0.0655. The molecule has 0 saturated heterocycles. The number of carbonyl (C=O) groups excluding carboxylic acids is 1. The molecule has 2 saturated carbocycles. The lowest BCUT2D eigenvalue weighted by Crippen LogP contribution is -2.45. The van der Waals surface area contributed by atoms with E-state index in [1.165, 1.54) is 12.8 Å². The molecule has 2 N–H and O–H groups in total. The summed E-state index contributed by atoms with van der Waals surface area (Å²) in [5, 5.41) is 12.7. The van der Waals surface area contributed by atoms with E-state index in [2.05, 4.69) is 5.32 Å². The summed E-state index contributed by atoms with van der Waals surface area (Å²) in [5.41, 5.74) is 1.64. The molecule has 3 rings (SSSR count). The summed E-state index contributed by atoms with van der Waals surface area (Å²) in [7, 11) is 1.61. The van der Waals surface area contributed by atoms with E-state index in [0.717, 1.165) is 17.7 Å². The lowest BCUT2D eigenvalue weighted by molar-refractivity contribution is 0.0861. The van der Waals surface area contributed by atoms with Gasteiger partial charge < -0.3 is 15.2 Å². The molecule has 4 unspecified atom stereocenters. The van der Waals surface area contributed by atoms with Crippen LogP contribution in [0.15, 0.2) is 18.2 Å². The highest BCUT2D eigenvalue weighted by atomic mass is 16.5. The van der Waals surface area contributed by atoms with Crippen LogP contribution in [0.4, 0.5) is 0 Å². The number of aryl methyl sites for hydroxylation is 1. The first-order valence-electron chi connectivity index (χ1n) is 7.70. The summed E-state index contributed by atoms with van der Waals surface area (Å²) in [6.45, 7) is 2.13. The zero-order valence-corrected chi connectivity index (χ0v) is 12.6. The first kappa shape index (κ1) is 14.4. The van der Waals surface area contributed by atoms with Crippen LogP contribution in [0.3, 0.4) is 0 Å². The van der Waals surface area contributed by atoms with E-state index in [4.69, 9.17) is 4.74 Å². The predicted octanol–water partition coefficient (Wildman–Crippen LogP) is 2.14. The molecule has 1 amide bonds. The Kier molecular flexibility index (Phi) is 3.89. The standard InChI is InChI=1S/C17H23NO3/c1-10-3-4-13(8-15(10)21-2)17(20)18-16-12-6-5-11(7-12)14(16)9-19/h3-4,8,11-12,14,16,19H,5-7,9H2,1-2H3,(H,18,20). The minimum Gasteiger partial charge on any atom is -0.496 e. The fraction of sp³-hybridized carbons (Fsp3) is 0.588. The molecular weight excluding hydrogens is 266 g/mol. The van der Waals surface area contributed by atoms with Crippen molar-refractivity contribution in [3.05, 3.63) is 29.3 Å². The molecule has 1 aromatic carbocycles. The Hall–Kier alpha value is -1.55. The Labute approximate surface area is 125 Å². The average molecular weight is 289 g/mol. The number of aliphatic hydroxyl groups is 1. The number of nitrogens with one attached hydrogen (secondary N) is 1. The molecule has 0 spiro atoms. The smallest absolute Gasteiger partial charge is 0.251 e. The Morgan fingerprint density at radius 1 is 1.38 bits per heavy atom. The number of amides is 1. The normalized spacial score (nSPS) is 30.4. The van der Waals surface area contributed by atoms with Gasteiger partial charge in [0.25, 0.3) is 5.91 Å². The number of hydrogen-bond donors (Lipinski definition) is 2. The van der Waals surface area contributed by atoms with Crippen LogP contribution >= 0.6 is 0 Å². The van der Waals surface area contributed by atoms with Crippen LogP contribution in [0, 0.1) is 24.7 Å². The topological polar surface area (TPSA) is 58.6 Å². The van der Waals surface area contributed by atoms with E-state index >= 15 is 0 Å². The second kappa shape index (κ2) is 5.68. The van der Waals surface area contributed by atoms with Crippen LogP contribution in [0.1, 0.15) is 35.2 Å². The molecule has 2 aliphatic carbocycles. The van der Waals surface area contributed by atoms with Crippen molar-refractivity contribution in [1.82, 2.24) is 5.32 Å². The lowest BCUT2D eigenvalue weighted by atomic mass is 9.85. The summed E-state index contributed by atoms with van der Waals surface area (Å²) in [6, 6.07) is 5.63. The predicted molar refractivity (Wildman–Crippen MR) is 80.4 cm³/mol. The number of aliphatic hydroxyl groups excluding tert-OH is 1. The largest absolute Gasteiger partial charge is 0.496 e. The van der Waals surface area contributed by atoms with Crippen molar-refractivity contribution in [2.45, 2.75) is 32.2 Å². The third-order valence-corrected chi connectivity index (χ3v) is 5.27. The second-order valence-corrected chi connectivity index (χ2v) is 6.36. The van der Waals surface area contributed by atoms with Gasteiger partial charge in [0.15, 0.2) is 0 Å². The number of fused-ring (bicyclic) bond motifs is 2. The van der Waals surface area contributed by atoms with E-state index in [0.29, 0.717) is 17.4 Å². The van der Waals surface area contributed by atoms with Gasteiger partial charge in [-0.3, -0.25) is 4.79 Å². The maximum atomic E-state index is 12.5. The molecule has 2 fully saturated rings. The van der Waals surface area contributed by atoms with Crippen molar-refractivity contribution >= 4 is 5.91 Å². The number of methoxy groups -OCH3 is 1. The van der Waals surface area contributed by atoms with Gasteiger partial charge in [0.1, 0.15) is 5.75 Å². The van der Waals surface area contributed by atoms with Gasteiger partial charge in [-0.15, -0.1) is 0 Å². The highest BCUT2D eigenvalue weighted by Crippen LogP contribution is 2.48. The number of ether oxygens (including phenoxy) is 1. The van der Waals surface area contributed by atoms with Crippen LogP contribution in [0.2, 0.25) is 0 Å². The Morgan fingerprint density at radius 2 is 2.14 bits per heavy atom. The second-order valence-electron chi connectivity index (χ2n) is 6.36. The zero-order valence-electron chi connectivity index (χ0n) is 12.6. The molecule has 0 aliphatic heterocycles. The molecule has 0 radical (unpaired) electrons. The molecular formula is C17H23NO3. The van der Waals surface area contributed by atoms with Gasteiger partial charge in [-0.1, -0.05) is 6.07 Å². The molecule has 4 atom stereocenters. The maximum absolute atomic E-state index is 12.5. The third-order valence-electron chi connectivity index (χ3n) is 5.27. The summed E-state index contributed by atoms with van der Waals surface area (Å²) < 4.78 is 5.28. The van der Waals surface area contributed by atoms with Gasteiger partial charge >= 0.3 is 0 Å². The number of benzene rings is 1. The van der Waals surface area contributed by atoms with Crippen molar-refractivity contribution in [1.29, 1.82) is 0 Å². The summed E-state index contributed by atoms with van der Waals surface area (Å²) in [4.78, 5) is 12.5. The maximum Gasteiger partial charge on any atom is 0.251 e. The molecule has 0 heterocycles. The van der Waals surface area contributed by atoms with Crippen LogP contribution in [-0.4, -0.2) is 30.8 Å². The van der Waals surface area contributed by atoms with Crippen molar-refractivity contribution in [2.24, 2.45) is 17.8 Å². The molecule has 4 heteroatoms. The van der Waals surface area contributed by atoms with E-state index in [-0.39, 0.29) is 24.5 Å². The van der Waals surface area contributed by atoms with E-state index < -0.39 is 0 Å². The first-order chi connectivity index (χ1) is 10.1. The molecule has 1 aromatic rings. The van der Waals surface area contributed by atoms with Gasteiger partial charge in [0.05, 0.1) is 7.11 Å². The van der Waals surface area contributed by atoms with E-state index in [1.807, 2.05) is 19.1 Å². The fourth-order valence-corrected chi connectivity index (χ4v) is 4.09. The van der Waals surface area contributed by atoms with Crippen LogP contribution < -0.4 is 10.1 Å². The van der Waals surface area contributed by atoms with Gasteiger partial charge in [-0.05, 0) is 55.7 Å². The number of rotatable bonds is 4. The van der Waals surface area contributed by atoms with E-state index in [9.17, 15) is 9.90 Å². The van der Waals surface area contributed by atoms with E-state index in [1.54, 1.807) is 13.2 Å². The molecule has 0 aromatic heterocycles. The molecule has 114 valence electrons. The minimum absolute atomic E-state index is 0.0655. The SMILES string of the molecule is COc1cc(C(=O)NC2C3CCC(C3)C2CO)ccc1C.